The Bertz CT molecular complexity index is 1190. The number of amides is 2. The first-order valence-electron chi connectivity index (χ1n) is 10.0. The molecule has 0 atom stereocenters. The molecule has 0 spiro atoms. The normalized spacial score (nSPS) is 13.9. The summed E-state index contributed by atoms with van der Waals surface area (Å²) in [5.74, 6) is 1.53. The summed E-state index contributed by atoms with van der Waals surface area (Å²) < 4.78 is 5.48. The Morgan fingerprint density at radius 1 is 1.00 bits per heavy atom. The minimum absolute atomic E-state index is 0.334. The molecule has 3 aromatic heterocycles. The number of pyridine rings is 1. The molecule has 31 heavy (non-hydrogen) atoms. The summed E-state index contributed by atoms with van der Waals surface area (Å²) in [6.07, 6.45) is 5.11. The van der Waals surface area contributed by atoms with Crippen LogP contribution >= 0.6 is 0 Å². The van der Waals surface area contributed by atoms with Crippen molar-refractivity contribution in [3.05, 3.63) is 61.1 Å². The summed E-state index contributed by atoms with van der Waals surface area (Å²) in [7, 11) is 0. The number of hydrogen-bond donors (Lipinski definition) is 3. The second kappa shape index (κ2) is 8.41. The Hall–Kier alpha value is -3.98. The zero-order valence-corrected chi connectivity index (χ0v) is 16.7. The highest BCUT2D eigenvalue weighted by Crippen LogP contribution is 2.28. The first-order chi connectivity index (χ1) is 15.3. The van der Waals surface area contributed by atoms with E-state index in [2.05, 4.69) is 30.5 Å². The van der Waals surface area contributed by atoms with Crippen molar-refractivity contribution in [2.75, 3.05) is 41.8 Å². The van der Waals surface area contributed by atoms with E-state index in [0.717, 1.165) is 35.5 Å². The largest absolute Gasteiger partial charge is 0.378 e. The molecule has 3 N–H and O–H groups in total. The predicted octanol–water partition coefficient (Wildman–Crippen LogP) is 3.50. The molecular formula is C22H21N7O2. The van der Waals surface area contributed by atoms with Gasteiger partial charge in [0.15, 0.2) is 5.82 Å². The Labute approximate surface area is 178 Å². The van der Waals surface area contributed by atoms with Crippen LogP contribution in [0.3, 0.4) is 0 Å². The number of benzene rings is 1. The van der Waals surface area contributed by atoms with Gasteiger partial charge in [-0.25, -0.2) is 14.8 Å². The van der Waals surface area contributed by atoms with Crippen LogP contribution in [0.15, 0.2) is 61.1 Å². The topological polar surface area (TPSA) is 108 Å². The average molecular weight is 415 g/mol. The number of ether oxygens (including phenoxy) is 1. The van der Waals surface area contributed by atoms with Crippen LogP contribution in [0.4, 0.5) is 22.0 Å². The molecule has 2 amide bonds. The summed E-state index contributed by atoms with van der Waals surface area (Å²) in [4.78, 5) is 31.1. The maximum atomic E-state index is 12.2. The van der Waals surface area contributed by atoms with Gasteiger partial charge in [0.1, 0.15) is 11.5 Å². The number of hydrogen-bond acceptors (Lipinski definition) is 6. The lowest BCUT2D eigenvalue weighted by Crippen LogP contribution is -2.37. The van der Waals surface area contributed by atoms with Gasteiger partial charge < -0.3 is 25.3 Å². The number of carbonyl (C=O) groups excluding carboxylic acids is 1. The van der Waals surface area contributed by atoms with Crippen LogP contribution in [-0.4, -0.2) is 52.3 Å². The van der Waals surface area contributed by atoms with Crippen LogP contribution in [-0.2, 0) is 4.74 Å². The van der Waals surface area contributed by atoms with Gasteiger partial charge in [0.2, 0.25) is 0 Å². The number of carbonyl (C=O) groups is 1. The SMILES string of the molecule is O=C(Nc1ccc(-c2nc(N3CCOCC3)c3cc[nH]c3n2)cc1)Nc1cccnc1. The summed E-state index contributed by atoms with van der Waals surface area (Å²) in [5.41, 5.74) is 2.95. The van der Waals surface area contributed by atoms with Gasteiger partial charge in [-0.3, -0.25) is 4.98 Å². The van der Waals surface area contributed by atoms with Gasteiger partial charge >= 0.3 is 6.03 Å². The van der Waals surface area contributed by atoms with Crippen molar-refractivity contribution in [3.8, 4) is 11.4 Å². The highest BCUT2D eigenvalue weighted by molar-refractivity contribution is 5.99. The molecule has 1 saturated heterocycles. The summed E-state index contributed by atoms with van der Waals surface area (Å²) in [6.45, 7) is 2.97. The van der Waals surface area contributed by atoms with E-state index < -0.39 is 0 Å². The molecule has 4 heterocycles. The molecule has 0 unspecified atom stereocenters. The standard InChI is InChI=1S/C22H21N7O2/c30-22(26-17-2-1-8-23-14-17)25-16-5-3-15(4-6-16)19-27-20-18(7-9-24-20)21(28-19)29-10-12-31-13-11-29/h1-9,14H,10-13H2,(H,24,27,28)(H2,25,26,30). The smallest absolute Gasteiger partial charge is 0.323 e. The molecule has 4 aromatic rings. The number of aromatic amines is 1. The van der Waals surface area contributed by atoms with Crippen molar-refractivity contribution in [1.29, 1.82) is 0 Å². The van der Waals surface area contributed by atoms with E-state index in [4.69, 9.17) is 9.72 Å². The van der Waals surface area contributed by atoms with Gasteiger partial charge in [-0.2, -0.15) is 0 Å². The number of urea groups is 1. The van der Waals surface area contributed by atoms with Crippen LogP contribution in [0.5, 0.6) is 0 Å². The first kappa shape index (κ1) is 19.0. The van der Waals surface area contributed by atoms with Crippen molar-refractivity contribution in [1.82, 2.24) is 19.9 Å². The summed E-state index contributed by atoms with van der Waals surface area (Å²) in [6, 6.07) is 12.6. The van der Waals surface area contributed by atoms with E-state index in [9.17, 15) is 4.79 Å². The van der Waals surface area contributed by atoms with E-state index in [0.29, 0.717) is 30.4 Å². The fourth-order valence-corrected chi connectivity index (χ4v) is 3.50. The number of rotatable bonds is 4. The Morgan fingerprint density at radius 2 is 1.81 bits per heavy atom. The minimum atomic E-state index is -0.334. The van der Waals surface area contributed by atoms with E-state index >= 15 is 0 Å². The fraction of sp³-hybridized carbons (Fsp3) is 0.182. The zero-order valence-electron chi connectivity index (χ0n) is 16.7. The van der Waals surface area contributed by atoms with Crippen LogP contribution < -0.4 is 15.5 Å². The van der Waals surface area contributed by atoms with Crippen molar-refractivity contribution in [3.63, 3.8) is 0 Å². The number of H-pyrrole nitrogens is 1. The highest BCUT2D eigenvalue weighted by Gasteiger charge is 2.18. The molecule has 0 saturated carbocycles. The molecule has 1 fully saturated rings. The highest BCUT2D eigenvalue weighted by atomic mass is 16.5. The third-order valence-electron chi connectivity index (χ3n) is 5.03. The van der Waals surface area contributed by atoms with Crippen LogP contribution in [0, 0.1) is 0 Å². The lowest BCUT2D eigenvalue weighted by Gasteiger charge is -2.28. The molecule has 156 valence electrons. The molecule has 0 aliphatic carbocycles. The molecule has 0 radical (unpaired) electrons. The number of aromatic nitrogens is 4. The Balaban J connectivity index is 1.36. The van der Waals surface area contributed by atoms with Gasteiger partial charge in [-0.15, -0.1) is 0 Å². The third-order valence-corrected chi connectivity index (χ3v) is 5.03. The van der Waals surface area contributed by atoms with E-state index in [1.807, 2.05) is 36.5 Å². The second-order valence-corrected chi connectivity index (χ2v) is 7.11. The molecule has 9 nitrogen and oxygen atoms in total. The maximum absolute atomic E-state index is 12.2. The molecule has 9 heteroatoms. The lowest BCUT2D eigenvalue weighted by molar-refractivity contribution is 0.122. The van der Waals surface area contributed by atoms with Gasteiger partial charge in [0.25, 0.3) is 0 Å². The molecular weight excluding hydrogens is 394 g/mol. The van der Waals surface area contributed by atoms with Crippen LogP contribution in [0.25, 0.3) is 22.4 Å². The number of nitrogens with zero attached hydrogens (tertiary/aromatic N) is 4. The van der Waals surface area contributed by atoms with E-state index in [1.54, 1.807) is 24.5 Å². The van der Waals surface area contributed by atoms with Crippen molar-refractivity contribution in [2.24, 2.45) is 0 Å². The van der Waals surface area contributed by atoms with Crippen molar-refractivity contribution in [2.45, 2.75) is 0 Å². The molecule has 0 bridgehead atoms. The molecule has 5 rings (SSSR count). The Morgan fingerprint density at radius 3 is 2.58 bits per heavy atom. The number of anilines is 3. The third kappa shape index (κ3) is 4.17. The van der Waals surface area contributed by atoms with Crippen LogP contribution in [0.2, 0.25) is 0 Å². The quantitative estimate of drug-likeness (QED) is 0.471. The monoisotopic (exact) mass is 415 g/mol. The molecule has 1 aliphatic heterocycles. The Kier molecular flexibility index (Phi) is 5.16. The van der Waals surface area contributed by atoms with Gasteiger partial charge in [-0.1, -0.05) is 0 Å². The fourth-order valence-electron chi connectivity index (χ4n) is 3.50. The van der Waals surface area contributed by atoms with Gasteiger partial charge in [0, 0.05) is 36.7 Å². The number of fused-ring (bicyclic) bond motifs is 1. The van der Waals surface area contributed by atoms with E-state index in [1.165, 1.54) is 0 Å². The van der Waals surface area contributed by atoms with Crippen molar-refractivity contribution >= 4 is 34.3 Å². The minimum Gasteiger partial charge on any atom is -0.378 e. The summed E-state index contributed by atoms with van der Waals surface area (Å²) in [5, 5.41) is 6.55. The lowest BCUT2D eigenvalue weighted by atomic mass is 10.2. The summed E-state index contributed by atoms with van der Waals surface area (Å²) >= 11 is 0. The van der Waals surface area contributed by atoms with Crippen LogP contribution in [0.1, 0.15) is 0 Å². The average Bonchev–Trinajstić information content (AvgIpc) is 3.29. The zero-order chi connectivity index (χ0) is 21.0. The molecule has 1 aliphatic rings. The number of nitrogens with one attached hydrogen (secondary N) is 3. The second-order valence-electron chi connectivity index (χ2n) is 7.11. The maximum Gasteiger partial charge on any atom is 0.323 e. The predicted molar refractivity (Wildman–Crippen MR) is 119 cm³/mol. The van der Waals surface area contributed by atoms with Gasteiger partial charge in [0.05, 0.1) is 30.5 Å². The van der Waals surface area contributed by atoms with Crippen molar-refractivity contribution < 1.29 is 9.53 Å². The van der Waals surface area contributed by atoms with Gasteiger partial charge in [-0.05, 0) is 42.5 Å². The van der Waals surface area contributed by atoms with E-state index in [-0.39, 0.29) is 6.03 Å². The molecule has 1 aromatic carbocycles. The first-order valence-corrected chi connectivity index (χ1v) is 10.0. The number of morpholine rings is 1.